The van der Waals surface area contributed by atoms with Gasteiger partial charge in [-0.3, -0.25) is 4.79 Å². The quantitative estimate of drug-likeness (QED) is 0.835. The molecule has 0 radical (unpaired) electrons. The molecule has 1 aromatic carbocycles. The maximum Gasteiger partial charge on any atom is 0.326 e. The molecule has 1 saturated heterocycles. The van der Waals surface area contributed by atoms with Gasteiger partial charge in [0.2, 0.25) is 5.91 Å². The highest BCUT2D eigenvalue weighted by molar-refractivity contribution is 7.81. The van der Waals surface area contributed by atoms with Crippen molar-refractivity contribution < 1.29 is 14.7 Å². The van der Waals surface area contributed by atoms with E-state index in [0.29, 0.717) is 11.6 Å². The first kappa shape index (κ1) is 14.2. The van der Waals surface area contributed by atoms with Crippen LogP contribution in [-0.2, 0) is 16.0 Å². The molecule has 1 fully saturated rings. The van der Waals surface area contributed by atoms with Crippen molar-refractivity contribution in [2.75, 3.05) is 6.54 Å². The number of carboxylic acids is 1. The highest BCUT2D eigenvalue weighted by Gasteiger charge is 2.36. The lowest BCUT2D eigenvalue weighted by Crippen LogP contribution is -2.43. The first-order valence-corrected chi connectivity index (χ1v) is 6.82. The van der Waals surface area contributed by atoms with E-state index in [2.05, 4.69) is 12.6 Å². The van der Waals surface area contributed by atoms with Crippen molar-refractivity contribution in [2.24, 2.45) is 0 Å². The molecule has 1 aromatic rings. The lowest BCUT2D eigenvalue weighted by molar-refractivity contribution is -0.148. The summed E-state index contributed by atoms with van der Waals surface area (Å²) in [6.45, 7) is 0.364. The van der Waals surface area contributed by atoms with Gasteiger partial charge in [-0.25, -0.2) is 4.79 Å². The van der Waals surface area contributed by atoms with Gasteiger partial charge in [0.15, 0.2) is 0 Å². The summed E-state index contributed by atoms with van der Waals surface area (Å²) in [7, 11) is 0. The van der Waals surface area contributed by atoms with Gasteiger partial charge in [0.1, 0.15) is 6.04 Å². The van der Waals surface area contributed by atoms with E-state index in [9.17, 15) is 14.7 Å². The van der Waals surface area contributed by atoms with Crippen LogP contribution >= 0.6 is 24.2 Å². The molecule has 0 aromatic heterocycles. The minimum atomic E-state index is -1.02. The molecule has 1 aliphatic rings. The van der Waals surface area contributed by atoms with Gasteiger partial charge in [0.05, 0.1) is 0 Å². The summed E-state index contributed by atoms with van der Waals surface area (Å²) in [5, 5.41) is 9.75. The second kappa shape index (κ2) is 5.84. The topological polar surface area (TPSA) is 57.6 Å². The van der Waals surface area contributed by atoms with Crippen LogP contribution < -0.4 is 0 Å². The molecule has 2 atom stereocenters. The zero-order valence-corrected chi connectivity index (χ0v) is 11.8. The maximum absolute atomic E-state index is 11.8. The Balaban J connectivity index is 2.20. The molecule has 1 unspecified atom stereocenters. The molecule has 0 bridgehead atoms. The Labute approximate surface area is 121 Å². The van der Waals surface area contributed by atoms with E-state index in [4.69, 9.17) is 11.6 Å². The predicted molar refractivity (Wildman–Crippen MR) is 75.7 cm³/mol. The van der Waals surface area contributed by atoms with Crippen LogP contribution in [0.25, 0.3) is 0 Å². The van der Waals surface area contributed by atoms with E-state index < -0.39 is 12.0 Å². The Morgan fingerprint density at radius 1 is 1.53 bits per heavy atom. The molecular formula is C13H14ClNO3S. The van der Waals surface area contributed by atoms with Crippen LogP contribution in [0.2, 0.25) is 5.02 Å². The molecule has 102 valence electrons. The van der Waals surface area contributed by atoms with Crippen LogP contribution in [0.4, 0.5) is 0 Å². The van der Waals surface area contributed by atoms with Crippen LogP contribution in [0, 0.1) is 0 Å². The minimum Gasteiger partial charge on any atom is -0.480 e. The molecule has 6 heteroatoms. The summed E-state index contributed by atoms with van der Waals surface area (Å²) in [5.41, 5.74) is 0.729. The Morgan fingerprint density at radius 2 is 2.21 bits per heavy atom. The number of carboxylic acid groups (broad SMARTS) is 1. The van der Waals surface area contributed by atoms with Crippen LogP contribution in [0.5, 0.6) is 0 Å². The SMILES string of the molecule is O=C(O)[C@H](Cc1ccccc1Cl)N1CC(S)CC1=O. The molecule has 1 heterocycles. The zero-order valence-electron chi connectivity index (χ0n) is 10.1. The molecular weight excluding hydrogens is 286 g/mol. The fraction of sp³-hybridized carbons (Fsp3) is 0.385. The van der Waals surface area contributed by atoms with Crippen LogP contribution in [0.15, 0.2) is 24.3 Å². The number of likely N-dealkylation sites (tertiary alicyclic amines) is 1. The van der Waals surface area contributed by atoms with Crippen molar-refractivity contribution in [3.05, 3.63) is 34.9 Å². The second-order valence-electron chi connectivity index (χ2n) is 4.55. The van der Waals surface area contributed by atoms with Gasteiger partial charge in [-0.1, -0.05) is 29.8 Å². The lowest BCUT2D eigenvalue weighted by atomic mass is 10.0. The van der Waals surface area contributed by atoms with Crippen molar-refractivity contribution in [2.45, 2.75) is 24.1 Å². The highest BCUT2D eigenvalue weighted by atomic mass is 35.5. The number of hydrogen-bond acceptors (Lipinski definition) is 3. The highest BCUT2D eigenvalue weighted by Crippen LogP contribution is 2.23. The molecule has 19 heavy (non-hydrogen) atoms. The van der Waals surface area contributed by atoms with Gasteiger partial charge in [-0.15, -0.1) is 0 Å². The predicted octanol–water partition coefficient (Wildman–Crippen LogP) is 1.87. The number of carbonyl (C=O) groups excluding carboxylic acids is 1. The molecule has 0 saturated carbocycles. The first-order valence-electron chi connectivity index (χ1n) is 5.92. The van der Waals surface area contributed by atoms with E-state index in [0.717, 1.165) is 5.56 Å². The Bertz CT molecular complexity index is 508. The summed E-state index contributed by atoms with van der Waals surface area (Å²) in [5.74, 6) is -1.19. The number of nitrogens with zero attached hydrogens (tertiary/aromatic N) is 1. The minimum absolute atomic E-state index is 0.0967. The molecule has 2 rings (SSSR count). The Hall–Kier alpha value is -1.20. The van der Waals surface area contributed by atoms with Crippen molar-refractivity contribution in [3.8, 4) is 0 Å². The van der Waals surface area contributed by atoms with E-state index in [1.807, 2.05) is 0 Å². The molecule has 0 spiro atoms. The largest absolute Gasteiger partial charge is 0.480 e. The number of benzene rings is 1. The molecule has 1 aliphatic heterocycles. The third-order valence-corrected chi connectivity index (χ3v) is 3.89. The fourth-order valence-electron chi connectivity index (χ4n) is 2.22. The van der Waals surface area contributed by atoms with Crippen LogP contribution in [0.1, 0.15) is 12.0 Å². The average Bonchev–Trinajstić information content (AvgIpc) is 2.67. The van der Waals surface area contributed by atoms with Crippen molar-refractivity contribution in [1.29, 1.82) is 0 Å². The van der Waals surface area contributed by atoms with Gasteiger partial charge in [-0.05, 0) is 11.6 Å². The van der Waals surface area contributed by atoms with E-state index >= 15 is 0 Å². The smallest absolute Gasteiger partial charge is 0.326 e. The Kier molecular flexibility index (Phi) is 4.37. The Morgan fingerprint density at radius 3 is 2.74 bits per heavy atom. The molecule has 1 amide bonds. The number of thiol groups is 1. The number of amides is 1. The number of aliphatic carboxylic acids is 1. The van der Waals surface area contributed by atoms with Gasteiger partial charge < -0.3 is 10.0 Å². The summed E-state index contributed by atoms with van der Waals surface area (Å²) in [6, 6.07) is 6.18. The maximum atomic E-state index is 11.8. The van der Waals surface area contributed by atoms with Gasteiger partial charge in [0, 0.05) is 29.7 Å². The third kappa shape index (κ3) is 3.22. The number of halogens is 1. The van der Waals surface area contributed by atoms with E-state index in [-0.39, 0.29) is 24.0 Å². The van der Waals surface area contributed by atoms with Gasteiger partial charge in [0.25, 0.3) is 0 Å². The number of rotatable bonds is 4. The first-order chi connectivity index (χ1) is 8.99. The van der Waals surface area contributed by atoms with Crippen molar-refractivity contribution in [3.63, 3.8) is 0 Å². The monoisotopic (exact) mass is 299 g/mol. The van der Waals surface area contributed by atoms with E-state index in [1.54, 1.807) is 24.3 Å². The summed E-state index contributed by atoms with van der Waals surface area (Å²) in [6.07, 6.45) is 0.497. The summed E-state index contributed by atoms with van der Waals surface area (Å²) in [4.78, 5) is 24.6. The average molecular weight is 300 g/mol. The molecule has 0 aliphatic carbocycles. The zero-order chi connectivity index (χ0) is 14.0. The number of carbonyl (C=O) groups is 2. The van der Waals surface area contributed by atoms with E-state index in [1.165, 1.54) is 4.90 Å². The van der Waals surface area contributed by atoms with Crippen molar-refractivity contribution in [1.82, 2.24) is 4.90 Å². The van der Waals surface area contributed by atoms with Crippen LogP contribution in [-0.4, -0.2) is 39.7 Å². The third-order valence-electron chi connectivity index (χ3n) is 3.17. The fourth-order valence-corrected chi connectivity index (χ4v) is 2.76. The summed E-state index contributed by atoms with van der Waals surface area (Å²) < 4.78 is 0. The normalized spacial score (nSPS) is 20.6. The molecule has 1 N–H and O–H groups in total. The van der Waals surface area contributed by atoms with Crippen molar-refractivity contribution >= 4 is 36.1 Å². The lowest BCUT2D eigenvalue weighted by Gasteiger charge is -2.24. The second-order valence-corrected chi connectivity index (χ2v) is 5.69. The summed E-state index contributed by atoms with van der Waals surface area (Å²) >= 11 is 10.3. The molecule has 4 nitrogen and oxygen atoms in total. The van der Waals surface area contributed by atoms with Gasteiger partial charge >= 0.3 is 5.97 Å². The van der Waals surface area contributed by atoms with Gasteiger partial charge in [-0.2, -0.15) is 12.6 Å². The standard InChI is InChI=1S/C13H14ClNO3S/c14-10-4-2-1-3-8(10)5-11(13(17)18)15-7-9(19)6-12(15)16/h1-4,9,11,19H,5-7H2,(H,17,18)/t9?,11-/m0/s1. The van der Waals surface area contributed by atoms with Crippen LogP contribution in [0.3, 0.4) is 0 Å². The number of hydrogen-bond donors (Lipinski definition) is 2.